The SMILES string of the molecule is Cc1cc(-c2cccs2)c2c3c(sc2n1)C(=O)CC(=O)N3. The number of aromatic nitrogens is 1. The van der Waals surface area contributed by atoms with Gasteiger partial charge >= 0.3 is 0 Å². The Morgan fingerprint density at radius 1 is 1.33 bits per heavy atom. The molecule has 0 aromatic carbocycles. The van der Waals surface area contributed by atoms with E-state index in [4.69, 9.17) is 0 Å². The van der Waals surface area contributed by atoms with Gasteiger partial charge in [0, 0.05) is 21.5 Å². The lowest BCUT2D eigenvalue weighted by Crippen LogP contribution is -2.22. The second kappa shape index (κ2) is 4.47. The van der Waals surface area contributed by atoms with Crippen molar-refractivity contribution in [2.24, 2.45) is 0 Å². The molecule has 0 atom stereocenters. The number of Topliss-reactive ketones (excluding diaryl/α,β-unsaturated/α-hetero) is 1. The molecular weight excluding hydrogens is 304 g/mol. The van der Waals surface area contributed by atoms with Crippen molar-refractivity contribution in [3.63, 3.8) is 0 Å². The van der Waals surface area contributed by atoms with E-state index in [1.54, 1.807) is 11.3 Å². The highest BCUT2D eigenvalue weighted by Gasteiger charge is 2.29. The standard InChI is InChI=1S/C15H10N2O2S2/c1-7-5-8(10-3-2-4-20-10)12-13-14(21-15(12)16-7)9(18)6-11(19)17-13/h2-5H,6H2,1H3,(H,17,19). The predicted molar refractivity (Wildman–Crippen MR) is 85.2 cm³/mol. The van der Waals surface area contributed by atoms with Crippen molar-refractivity contribution in [2.75, 3.05) is 5.32 Å². The highest BCUT2D eigenvalue weighted by molar-refractivity contribution is 7.21. The van der Waals surface area contributed by atoms with E-state index in [9.17, 15) is 9.59 Å². The lowest BCUT2D eigenvalue weighted by atomic mass is 10.0. The monoisotopic (exact) mass is 314 g/mol. The number of nitrogens with one attached hydrogen (secondary N) is 1. The van der Waals surface area contributed by atoms with E-state index in [1.807, 2.05) is 30.5 Å². The molecule has 0 spiro atoms. The van der Waals surface area contributed by atoms with Crippen LogP contribution in [0.4, 0.5) is 5.69 Å². The molecule has 0 bridgehead atoms. The van der Waals surface area contributed by atoms with Gasteiger partial charge in [0.15, 0.2) is 5.78 Å². The molecule has 1 aliphatic rings. The molecular formula is C15H10N2O2S2. The molecule has 0 aliphatic carbocycles. The van der Waals surface area contributed by atoms with E-state index in [0.717, 1.165) is 26.4 Å². The molecule has 0 saturated heterocycles. The van der Waals surface area contributed by atoms with Crippen LogP contribution in [-0.4, -0.2) is 16.7 Å². The Hall–Kier alpha value is -2.05. The first kappa shape index (κ1) is 12.7. The molecule has 3 aromatic rings. The number of ketones is 1. The summed E-state index contributed by atoms with van der Waals surface area (Å²) in [6.07, 6.45) is -0.0763. The molecule has 4 rings (SSSR count). The predicted octanol–water partition coefficient (Wildman–Crippen LogP) is 3.86. The molecule has 0 radical (unpaired) electrons. The largest absolute Gasteiger partial charge is 0.324 e. The van der Waals surface area contributed by atoms with E-state index in [2.05, 4.69) is 10.3 Å². The van der Waals surface area contributed by atoms with Crippen LogP contribution in [0.15, 0.2) is 23.6 Å². The summed E-state index contributed by atoms with van der Waals surface area (Å²) in [7, 11) is 0. The summed E-state index contributed by atoms with van der Waals surface area (Å²) in [5.41, 5.74) is 2.57. The van der Waals surface area contributed by atoms with Crippen LogP contribution in [0.25, 0.3) is 20.7 Å². The molecule has 3 aromatic heterocycles. The summed E-state index contributed by atoms with van der Waals surface area (Å²) >= 11 is 3.00. The summed E-state index contributed by atoms with van der Waals surface area (Å²) < 4.78 is 0. The summed E-state index contributed by atoms with van der Waals surface area (Å²) in [6.45, 7) is 1.94. The van der Waals surface area contributed by atoms with Crippen LogP contribution in [-0.2, 0) is 4.79 Å². The number of rotatable bonds is 1. The molecule has 0 saturated carbocycles. The molecule has 1 aliphatic heterocycles. The Labute approximate surface area is 128 Å². The molecule has 0 unspecified atom stereocenters. The second-order valence-electron chi connectivity index (χ2n) is 4.92. The number of hydrogen-bond acceptors (Lipinski definition) is 5. The zero-order chi connectivity index (χ0) is 14.6. The summed E-state index contributed by atoms with van der Waals surface area (Å²) in [5, 5.41) is 5.74. The first-order valence-corrected chi connectivity index (χ1v) is 8.14. The zero-order valence-electron chi connectivity index (χ0n) is 11.1. The number of anilines is 1. The second-order valence-corrected chi connectivity index (χ2v) is 6.87. The quantitative estimate of drug-likeness (QED) is 0.694. The molecule has 104 valence electrons. The van der Waals surface area contributed by atoms with Gasteiger partial charge in [0.25, 0.3) is 0 Å². The third kappa shape index (κ3) is 1.91. The lowest BCUT2D eigenvalue weighted by Gasteiger charge is -2.12. The van der Waals surface area contributed by atoms with Crippen LogP contribution >= 0.6 is 22.7 Å². The van der Waals surface area contributed by atoms with Gasteiger partial charge in [-0.1, -0.05) is 6.07 Å². The van der Waals surface area contributed by atoms with Gasteiger partial charge in [0.1, 0.15) is 4.83 Å². The number of nitrogens with zero attached hydrogens (tertiary/aromatic N) is 1. The van der Waals surface area contributed by atoms with Crippen LogP contribution in [0.3, 0.4) is 0 Å². The number of carbonyl (C=O) groups is 2. The third-order valence-electron chi connectivity index (χ3n) is 3.42. The van der Waals surface area contributed by atoms with Gasteiger partial charge in [0.05, 0.1) is 17.0 Å². The molecule has 0 fully saturated rings. The average molecular weight is 314 g/mol. The molecule has 21 heavy (non-hydrogen) atoms. The van der Waals surface area contributed by atoms with Gasteiger partial charge in [0.2, 0.25) is 5.91 Å². The van der Waals surface area contributed by atoms with Gasteiger partial charge < -0.3 is 5.32 Å². The number of aryl methyl sites for hydroxylation is 1. The minimum Gasteiger partial charge on any atom is -0.324 e. The van der Waals surface area contributed by atoms with Crippen LogP contribution < -0.4 is 5.32 Å². The average Bonchev–Trinajstić information content (AvgIpc) is 3.05. The van der Waals surface area contributed by atoms with Crippen molar-refractivity contribution in [3.05, 3.63) is 34.2 Å². The Morgan fingerprint density at radius 3 is 2.95 bits per heavy atom. The van der Waals surface area contributed by atoms with Crippen LogP contribution in [0.2, 0.25) is 0 Å². The maximum absolute atomic E-state index is 12.1. The molecule has 1 amide bonds. The fraction of sp³-hybridized carbons (Fsp3) is 0.133. The first-order chi connectivity index (χ1) is 10.1. The number of fused-ring (bicyclic) bond motifs is 3. The minimum atomic E-state index is -0.245. The van der Waals surface area contributed by atoms with Crippen molar-refractivity contribution in [1.29, 1.82) is 0 Å². The summed E-state index contributed by atoms with van der Waals surface area (Å²) in [6, 6.07) is 6.03. The summed E-state index contributed by atoms with van der Waals surface area (Å²) in [5.74, 6) is -0.364. The van der Waals surface area contributed by atoms with E-state index >= 15 is 0 Å². The van der Waals surface area contributed by atoms with Gasteiger partial charge in [-0.3, -0.25) is 9.59 Å². The highest BCUT2D eigenvalue weighted by Crippen LogP contribution is 2.44. The summed E-state index contributed by atoms with van der Waals surface area (Å²) in [4.78, 5) is 30.8. The number of pyridine rings is 1. The highest BCUT2D eigenvalue weighted by atomic mass is 32.1. The van der Waals surface area contributed by atoms with Crippen molar-refractivity contribution in [1.82, 2.24) is 4.98 Å². The van der Waals surface area contributed by atoms with Crippen LogP contribution in [0.1, 0.15) is 21.8 Å². The number of amides is 1. The fourth-order valence-corrected chi connectivity index (χ4v) is 4.46. The maximum Gasteiger partial charge on any atom is 0.232 e. The first-order valence-electron chi connectivity index (χ1n) is 6.44. The number of thiophene rings is 2. The Kier molecular flexibility index (Phi) is 2.70. The Balaban J connectivity index is 2.11. The molecule has 6 heteroatoms. The Bertz CT molecular complexity index is 894. The van der Waals surface area contributed by atoms with Gasteiger partial charge in [-0.2, -0.15) is 0 Å². The number of carbonyl (C=O) groups excluding carboxylic acids is 2. The fourth-order valence-electron chi connectivity index (χ4n) is 2.57. The molecule has 1 N–H and O–H groups in total. The third-order valence-corrected chi connectivity index (χ3v) is 5.44. The lowest BCUT2D eigenvalue weighted by molar-refractivity contribution is -0.115. The minimum absolute atomic E-state index is 0.0763. The van der Waals surface area contributed by atoms with E-state index < -0.39 is 0 Å². The van der Waals surface area contributed by atoms with Crippen molar-refractivity contribution < 1.29 is 9.59 Å². The van der Waals surface area contributed by atoms with Gasteiger partial charge in [-0.15, -0.1) is 22.7 Å². The molecule has 4 nitrogen and oxygen atoms in total. The topological polar surface area (TPSA) is 59.1 Å². The normalized spacial score (nSPS) is 14.3. The zero-order valence-corrected chi connectivity index (χ0v) is 12.7. The van der Waals surface area contributed by atoms with Gasteiger partial charge in [-0.05, 0) is 24.4 Å². The number of hydrogen-bond donors (Lipinski definition) is 1. The maximum atomic E-state index is 12.1. The molecule has 4 heterocycles. The van der Waals surface area contributed by atoms with Crippen molar-refractivity contribution in [3.8, 4) is 10.4 Å². The van der Waals surface area contributed by atoms with E-state index in [-0.39, 0.29) is 18.1 Å². The van der Waals surface area contributed by atoms with Crippen LogP contribution in [0, 0.1) is 6.92 Å². The smallest absolute Gasteiger partial charge is 0.232 e. The van der Waals surface area contributed by atoms with E-state index in [1.165, 1.54) is 11.3 Å². The Morgan fingerprint density at radius 2 is 2.19 bits per heavy atom. The van der Waals surface area contributed by atoms with Crippen LogP contribution in [0.5, 0.6) is 0 Å². The van der Waals surface area contributed by atoms with Crippen molar-refractivity contribution in [2.45, 2.75) is 13.3 Å². The van der Waals surface area contributed by atoms with Crippen molar-refractivity contribution >= 4 is 50.3 Å². The van der Waals surface area contributed by atoms with Gasteiger partial charge in [-0.25, -0.2) is 4.98 Å². The van der Waals surface area contributed by atoms with E-state index in [0.29, 0.717) is 10.6 Å².